The van der Waals surface area contributed by atoms with Gasteiger partial charge in [-0.15, -0.1) is 0 Å². The fraction of sp³-hybridized carbons (Fsp3) is 0.222. The Labute approximate surface area is 209 Å². The van der Waals surface area contributed by atoms with Crippen molar-refractivity contribution in [3.8, 4) is 11.1 Å². The molecule has 4 rings (SSSR count). The van der Waals surface area contributed by atoms with Gasteiger partial charge in [0, 0.05) is 5.56 Å². The van der Waals surface area contributed by atoms with Crippen LogP contribution in [0.15, 0.2) is 77.7 Å². The molecule has 9 heteroatoms. The quantitative estimate of drug-likeness (QED) is 0.371. The summed E-state index contributed by atoms with van der Waals surface area (Å²) in [6.07, 6.45) is 0. The standard InChI is InChI=1S/C27H25NO7S/c1-17-9-12-20(13-10-17)36(32,33)28-16-23(29)22-15-19(18-7-5-4-6-8-18)11-14-21(22)25(28)24(26(30)34-2)27(31)35-3/h4-15,24-25H,16H2,1-3H3. The number of nitrogens with zero attached hydrogens (tertiary/aromatic N) is 1. The number of esters is 2. The van der Waals surface area contributed by atoms with Gasteiger partial charge >= 0.3 is 11.9 Å². The van der Waals surface area contributed by atoms with E-state index in [9.17, 15) is 22.8 Å². The minimum Gasteiger partial charge on any atom is -0.468 e. The molecule has 0 spiro atoms. The molecule has 0 bridgehead atoms. The van der Waals surface area contributed by atoms with Crippen LogP contribution in [0.4, 0.5) is 0 Å². The first-order valence-electron chi connectivity index (χ1n) is 11.2. The molecule has 0 aromatic heterocycles. The number of ketones is 1. The van der Waals surface area contributed by atoms with Gasteiger partial charge in [0.15, 0.2) is 11.7 Å². The molecule has 0 radical (unpaired) electrons. The molecular formula is C27H25NO7S. The second-order valence-electron chi connectivity index (χ2n) is 8.42. The molecule has 1 unspecified atom stereocenters. The van der Waals surface area contributed by atoms with Crippen molar-refractivity contribution in [3.63, 3.8) is 0 Å². The summed E-state index contributed by atoms with van der Waals surface area (Å²) in [5, 5.41) is 0. The van der Waals surface area contributed by atoms with Crippen molar-refractivity contribution in [2.75, 3.05) is 20.8 Å². The summed E-state index contributed by atoms with van der Waals surface area (Å²) in [5.74, 6) is -4.04. The fourth-order valence-corrected chi connectivity index (χ4v) is 5.95. The minimum atomic E-state index is -4.30. The molecular weight excluding hydrogens is 482 g/mol. The number of methoxy groups -OCH3 is 2. The first-order chi connectivity index (χ1) is 17.2. The van der Waals surface area contributed by atoms with E-state index in [0.29, 0.717) is 0 Å². The van der Waals surface area contributed by atoms with Crippen LogP contribution in [0.5, 0.6) is 0 Å². The summed E-state index contributed by atoms with van der Waals surface area (Å²) in [5.41, 5.74) is 2.90. The molecule has 1 atom stereocenters. The van der Waals surface area contributed by atoms with Gasteiger partial charge in [-0.3, -0.25) is 14.4 Å². The fourth-order valence-electron chi connectivity index (χ4n) is 4.38. The highest BCUT2D eigenvalue weighted by Gasteiger charge is 2.49. The van der Waals surface area contributed by atoms with Gasteiger partial charge in [0.1, 0.15) is 0 Å². The SMILES string of the molecule is COC(=O)C(C(=O)OC)C1c2ccc(-c3ccccc3)cc2C(=O)CN1S(=O)(=O)c1ccc(C)cc1. The molecule has 0 saturated carbocycles. The number of fused-ring (bicyclic) bond motifs is 1. The predicted octanol–water partition coefficient (Wildman–Crippen LogP) is 3.55. The Bertz CT molecular complexity index is 1400. The summed E-state index contributed by atoms with van der Waals surface area (Å²) in [6.45, 7) is 1.26. The van der Waals surface area contributed by atoms with Crippen molar-refractivity contribution in [3.05, 3.63) is 89.5 Å². The summed E-state index contributed by atoms with van der Waals surface area (Å²) in [6, 6.07) is 19.1. The van der Waals surface area contributed by atoms with Crippen LogP contribution < -0.4 is 0 Å². The molecule has 3 aromatic rings. The molecule has 1 aliphatic heterocycles. The number of aryl methyl sites for hydroxylation is 1. The molecule has 8 nitrogen and oxygen atoms in total. The van der Waals surface area contributed by atoms with Crippen LogP contribution in [0.3, 0.4) is 0 Å². The Morgan fingerprint density at radius 3 is 2.08 bits per heavy atom. The highest BCUT2D eigenvalue weighted by atomic mass is 32.2. The maximum atomic E-state index is 13.7. The lowest BCUT2D eigenvalue weighted by atomic mass is 9.84. The number of Topliss-reactive ketones (excluding diaryl/α,β-unsaturated/α-hetero) is 1. The minimum absolute atomic E-state index is 0.0660. The summed E-state index contributed by atoms with van der Waals surface area (Å²) in [7, 11) is -2.09. The number of carbonyl (C=O) groups excluding carboxylic acids is 3. The van der Waals surface area contributed by atoms with Crippen molar-refractivity contribution in [1.29, 1.82) is 0 Å². The Balaban J connectivity index is 1.93. The Morgan fingerprint density at radius 1 is 0.889 bits per heavy atom. The lowest BCUT2D eigenvalue weighted by Gasteiger charge is -2.38. The highest BCUT2D eigenvalue weighted by Crippen LogP contribution is 2.41. The van der Waals surface area contributed by atoms with E-state index in [2.05, 4.69) is 0 Å². The Kier molecular flexibility index (Phi) is 7.05. The number of ether oxygens (including phenoxy) is 2. The van der Waals surface area contributed by atoms with Crippen LogP contribution in [-0.2, 0) is 29.1 Å². The van der Waals surface area contributed by atoms with Crippen LogP contribution >= 0.6 is 0 Å². The van der Waals surface area contributed by atoms with Gasteiger partial charge in [-0.05, 0) is 41.8 Å². The van der Waals surface area contributed by atoms with Gasteiger partial charge in [-0.1, -0.05) is 60.2 Å². The topological polar surface area (TPSA) is 107 Å². The third kappa shape index (κ3) is 4.55. The number of hydrogen-bond donors (Lipinski definition) is 0. The normalized spacial score (nSPS) is 15.9. The van der Waals surface area contributed by atoms with Crippen LogP contribution in [-0.4, -0.2) is 51.2 Å². The zero-order chi connectivity index (χ0) is 26.0. The molecule has 0 N–H and O–H groups in total. The van der Waals surface area contributed by atoms with Crippen molar-refractivity contribution in [2.24, 2.45) is 5.92 Å². The van der Waals surface area contributed by atoms with Crippen molar-refractivity contribution >= 4 is 27.7 Å². The lowest BCUT2D eigenvalue weighted by Crippen LogP contribution is -2.49. The van der Waals surface area contributed by atoms with Gasteiger partial charge < -0.3 is 9.47 Å². The maximum absolute atomic E-state index is 13.7. The first kappa shape index (κ1) is 25.3. The van der Waals surface area contributed by atoms with Crippen LogP contribution in [0, 0.1) is 12.8 Å². The second kappa shape index (κ2) is 10.0. The van der Waals surface area contributed by atoms with Gasteiger partial charge in [0.2, 0.25) is 10.0 Å². The first-order valence-corrected chi connectivity index (χ1v) is 12.6. The van der Waals surface area contributed by atoms with Crippen LogP contribution in [0.25, 0.3) is 11.1 Å². The third-order valence-corrected chi connectivity index (χ3v) is 8.08. The lowest BCUT2D eigenvalue weighted by molar-refractivity contribution is -0.161. The Morgan fingerprint density at radius 2 is 1.50 bits per heavy atom. The molecule has 186 valence electrons. The van der Waals surface area contributed by atoms with E-state index in [-0.39, 0.29) is 16.0 Å². The molecule has 0 saturated heterocycles. The van der Waals surface area contributed by atoms with Crippen LogP contribution in [0.1, 0.15) is 27.5 Å². The number of hydrogen-bond acceptors (Lipinski definition) is 7. The van der Waals surface area contributed by atoms with E-state index in [1.807, 2.05) is 37.3 Å². The summed E-state index contributed by atoms with van der Waals surface area (Å²) in [4.78, 5) is 38.9. The van der Waals surface area contributed by atoms with E-state index < -0.39 is 46.2 Å². The molecule has 3 aromatic carbocycles. The van der Waals surface area contributed by atoms with Gasteiger partial charge in [0.25, 0.3) is 0 Å². The zero-order valence-electron chi connectivity index (χ0n) is 20.0. The van der Waals surface area contributed by atoms with Crippen molar-refractivity contribution < 1.29 is 32.3 Å². The Hall–Kier alpha value is -3.82. The molecule has 0 aliphatic carbocycles. The third-order valence-electron chi connectivity index (χ3n) is 6.24. The van der Waals surface area contributed by atoms with E-state index in [1.54, 1.807) is 30.3 Å². The monoisotopic (exact) mass is 507 g/mol. The van der Waals surface area contributed by atoms with Crippen molar-refractivity contribution in [2.45, 2.75) is 17.9 Å². The largest absolute Gasteiger partial charge is 0.468 e. The summed E-state index contributed by atoms with van der Waals surface area (Å²) >= 11 is 0. The van der Waals surface area contributed by atoms with E-state index in [1.165, 1.54) is 12.1 Å². The van der Waals surface area contributed by atoms with E-state index in [0.717, 1.165) is 35.2 Å². The zero-order valence-corrected chi connectivity index (χ0v) is 20.8. The second-order valence-corrected chi connectivity index (χ2v) is 10.3. The molecule has 1 heterocycles. The number of rotatable bonds is 6. The number of sulfonamides is 1. The highest BCUT2D eigenvalue weighted by molar-refractivity contribution is 7.89. The molecule has 0 fully saturated rings. The average molecular weight is 508 g/mol. The van der Waals surface area contributed by atoms with E-state index in [4.69, 9.17) is 9.47 Å². The predicted molar refractivity (Wildman–Crippen MR) is 132 cm³/mol. The maximum Gasteiger partial charge on any atom is 0.322 e. The van der Waals surface area contributed by atoms with Gasteiger partial charge in [-0.2, -0.15) is 4.31 Å². The van der Waals surface area contributed by atoms with Gasteiger partial charge in [0.05, 0.1) is 31.7 Å². The van der Waals surface area contributed by atoms with Crippen molar-refractivity contribution in [1.82, 2.24) is 4.31 Å². The molecule has 0 amide bonds. The molecule has 1 aliphatic rings. The number of carbonyl (C=O) groups is 3. The molecule has 36 heavy (non-hydrogen) atoms. The number of benzene rings is 3. The van der Waals surface area contributed by atoms with E-state index >= 15 is 0 Å². The average Bonchev–Trinajstić information content (AvgIpc) is 2.90. The van der Waals surface area contributed by atoms with Gasteiger partial charge in [-0.25, -0.2) is 8.42 Å². The smallest absolute Gasteiger partial charge is 0.322 e. The van der Waals surface area contributed by atoms with Crippen LogP contribution in [0.2, 0.25) is 0 Å². The summed E-state index contributed by atoms with van der Waals surface area (Å²) < 4.78 is 38.1.